The van der Waals surface area contributed by atoms with Crippen LogP contribution < -0.4 is 10.6 Å². The lowest BCUT2D eigenvalue weighted by Crippen LogP contribution is -2.62. The normalized spacial score (nSPS) is 27.2. The van der Waals surface area contributed by atoms with Crippen molar-refractivity contribution in [2.24, 2.45) is 5.92 Å². The van der Waals surface area contributed by atoms with Crippen LogP contribution in [0.25, 0.3) is 0 Å². The van der Waals surface area contributed by atoms with E-state index in [1.54, 1.807) is 13.8 Å². The predicted molar refractivity (Wildman–Crippen MR) is 41.7 cm³/mol. The second-order valence-electron chi connectivity index (χ2n) is 3.45. The molecule has 0 radical (unpaired) electrons. The molecular formula is C7H12N2O3. The smallest absolute Gasteiger partial charge is 0.315 e. The van der Waals surface area contributed by atoms with Crippen LogP contribution in [0.1, 0.15) is 13.8 Å². The zero-order valence-electron chi connectivity index (χ0n) is 7.05. The summed E-state index contributed by atoms with van der Waals surface area (Å²) in [5.74, 6) is -1.47. The quantitative estimate of drug-likeness (QED) is 0.511. The highest BCUT2D eigenvalue weighted by Gasteiger charge is 2.39. The van der Waals surface area contributed by atoms with E-state index >= 15 is 0 Å². The van der Waals surface area contributed by atoms with E-state index in [9.17, 15) is 9.59 Å². The first-order chi connectivity index (χ1) is 5.43. The largest absolute Gasteiger partial charge is 0.481 e. The standard InChI is InChI=1S/C7H12N2O3/c1-7(2)4(5(10)11)3-8-6(12)9-7/h4H,3H2,1-2H3,(H,10,11)(H2,8,9,12). The van der Waals surface area contributed by atoms with Crippen molar-refractivity contribution in [3.05, 3.63) is 0 Å². The molecular weight excluding hydrogens is 160 g/mol. The van der Waals surface area contributed by atoms with Crippen LogP contribution in [0.3, 0.4) is 0 Å². The third kappa shape index (κ3) is 1.49. The van der Waals surface area contributed by atoms with Crippen LogP contribution in [0.15, 0.2) is 0 Å². The van der Waals surface area contributed by atoms with Crippen molar-refractivity contribution in [3.63, 3.8) is 0 Å². The summed E-state index contributed by atoms with van der Waals surface area (Å²) in [5, 5.41) is 13.8. The van der Waals surface area contributed by atoms with Crippen LogP contribution in [0.4, 0.5) is 4.79 Å². The highest BCUT2D eigenvalue weighted by molar-refractivity contribution is 5.81. The van der Waals surface area contributed by atoms with Gasteiger partial charge in [0.1, 0.15) is 0 Å². The first kappa shape index (κ1) is 8.83. The maximum Gasteiger partial charge on any atom is 0.315 e. The Morgan fingerprint density at radius 2 is 2.25 bits per heavy atom. The van der Waals surface area contributed by atoms with E-state index in [0.29, 0.717) is 0 Å². The Morgan fingerprint density at radius 1 is 1.67 bits per heavy atom. The molecule has 0 spiro atoms. The van der Waals surface area contributed by atoms with Crippen LogP contribution in [-0.4, -0.2) is 29.2 Å². The average Bonchev–Trinajstić information content (AvgIpc) is 1.82. The minimum atomic E-state index is -0.896. The van der Waals surface area contributed by atoms with Gasteiger partial charge in [-0.15, -0.1) is 0 Å². The van der Waals surface area contributed by atoms with Gasteiger partial charge in [0, 0.05) is 6.54 Å². The summed E-state index contributed by atoms with van der Waals surface area (Å²) in [7, 11) is 0. The van der Waals surface area contributed by atoms with Crippen molar-refractivity contribution in [2.75, 3.05) is 6.54 Å². The minimum absolute atomic E-state index is 0.189. The lowest BCUT2D eigenvalue weighted by atomic mass is 9.86. The van der Waals surface area contributed by atoms with E-state index in [0.717, 1.165) is 0 Å². The Morgan fingerprint density at radius 3 is 2.67 bits per heavy atom. The fourth-order valence-corrected chi connectivity index (χ4v) is 1.27. The van der Waals surface area contributed by atoms with Crippen molar-refractivity contribution in [2.45, 2.75) is 19.4 Å². The Bertz CT molecular complexity index is 225. The second-order valence-corrected chi connectivity index (χ2v) is 3.45. The third-order valence-electron chi connectivity index (χ3n) is 2.07. The summed E-state index contributed by atoms with van der Waals surface area (Å²) >= 11 is 0. The zero-order valence-corrected chi connectivity index (χ0v) is 7.05. The Hall–Kier alpha value is -1.26. The number of rotatable bonds is 1. The van der Waals surface area contributed by atoms with E-state index in [-0.39, 0.29) is 12.6 Å². The molecule has 1 atom stereocenters. The highest BCUT2D eigenvalue weighted by Crippen LogP contribution is 2.18. The summed E-state index contributed by atoms with van der Waals surface area (Å²) in [6.07, 6.45) is 0. The molecule has 5 nitrogen and oxygen atoms in total. The number of amides is 2. The molecule has 1 saturated heterocycles. The van der Waals surface area contributed by atoms with Crippen molar-refractivity contribution in [1.82, 2.24) is 10.6 Å². The van der Waals surface area contributed by atoms with Gasteiger partial charge in [-0.1, -0.05) is 0 Å². The van der Waals surface area contributed by atoms with Crippen LogP contribution in [0.2, 0.25) is 0 Å². The molecule has 2 amide bonds. The number of urea groups is 1. The van der Waals surface area contributed by atoms with E-state index in [1.807, 2.05) is 0 Å². The lowest BCUT2D eigenvalue weighted by molar-refractivity contribution is -0.144. The maximum absolute atomic E-state index is 10.8. The Balaban J connectivity index is 2.77. The number of carboxylic acid groups (broad SMARTS) is 1. The van der Waals surface area contributed by atoms with Crippen LogP contribution >= 0.6 is 0 Å². The molecule has 1 rings (SSSR count). The zero-order chi connectivity index (χ0) is 9.35. The average molecular weight is 172 g/mol. The molecule has 1 aliphatic rings. The minimum Gasteiger partial charge on any atom is -0.481 e. The summed E-state index contributed by atoms with van der Waals surface area (Å²) in [6, 6.07) is -0.308. The molecule has 3 N–H and O–H groups in total. The van der Waals surface area contributed by atoms with E-state index in [1.165, 1.54) is 0 Å². The van der Waals surface area contributed by atoms with Gasteiger partial charge in [0.05, 0.1) is 11.5 Å². The molecule has 1 fully saturated rings. The number of carbonyl (C=O) groups is 2. The van der Waals surface area contributed by atoms with Gasteiger partial charge < -0.3 is 15.7 Å². The van der Waals surface area contributed by atoms with Gasteiger partial charge in [0.25, 0.3) is 0 Å². The number of hydrogen-bond donors (Lipinski definition) is 3. The van der Waals surface area contributed by atoms with Gasteiger partial charge in [-0.2, -0.15) is 0 Å². The van der Waals surface area contributed by atoms with Gasteiger partial charge in [-0.3, -0.25) is 4.79 Å². The van der Waals surface area contributed by atoms with E-state index in [2.05, 4.69) is 10.6 Å². The number of nitrogens with one attached hydrogen (secondary N) is 2. The topological polar surface area (TPSA) is 78.4 Å². The molecule has 0 aliphatic carbocycles. The summed E-state index contributed by atoms with van der Waals surface area (Å²) in [4.78, 5) is 21.5. The summed E-state index contributed by atoms with van der Waals surface area (Å²) in [5.41, 5.74) is -0.672. The third-order valence-corrected chi connectivity index (χ3v) is 2.07. The van der Waals surface area contributed by atoms with Crippen molar-refractivity contribution >= 4 is 12.0 Å². The number of hydrogen-bond acceptors (Lipinski definition) is 2. The molecule has 0 aromatic rings. The molecule has 5 heteroatoms. The maximum atomic E-state index is 10.8. The predicted octanol–water partition coefficient (Wildman–Crippen LogP) is -0.221. The first-order valence-electron chi connectivity index (χ1n) is 3.72. The van der Waals surface area contributed by atoms with Crippen LogP contribution in [0, 0.1) is 5.92 Å². The molecule has 0 aromatic carbocycles. The molecule has 0 bridgehead atoms. The fraction of sp³-hybridized carbons (Fsp3) is 0.714. The van der Waals surface area contributed by atoms with Crippen molar-refractivity contribution in [3.8, 4) is 0 Å². The summed E-state index contributed by atoms with van der Waals surface area (Å²) in [6.45, 7) is 3.59. The first-order valence-corrected chi connectivity index (χ1v) is 3.72. The molecule has 12 heavy (non-hydrogen) atoms. The number of carbonyl (C=O) groups excluding carboxylic acids is 1. The fourth-order valence-electron chi connectivity index (χ4n) is 1.27. The second kappa shape index (κ2) is 2.66. The van der Waals surface area contributed by atoms with Crippen molar-refractivity contribution < 1.29 is 14.7 Å². The van der Waals surface area contributed by atoms with Gasteiger partial charge in [0.2, 0.25) is 0 Å². The SMILES string of the molecule is CC1(C)NC(=O)NCC1C(=O)O. The number of aliphatic carboxylic acids is 1. The van der Waals surface area contributed by atoms with Crippen LogP contribution in [0.5, 0.6) is 0 Å². The van der Waals surface area contributed by atoms with Gasteiger partial charge in [0.15, 0.2) is 0 Å². The van der Waals surface area contributed by atoms with Crippen LogP contribution in [-0.2, 0) is 4.79 Å². The monoisotopic (exact) mass is 172 g/mol. The Kier molecular flexibility index (Phi) is 1.95. The molecule has 68 valence electrons. The lowest BCUT2D eigenvalue weighted by Gasteiger charge is -2.36. The number of carboxylic acids is 1. The highest BCUT2D eigenvalue weighted by atomic mass is 16.4. The Labute approximate surface area is 70.1 Å². The van der Waals surface area contributed by atoms with E-state index < -0.39 is 17.4 Å². The van der Waals surface area contributed by atoms with Crippen molar-refractivity contribution in [1.29, 1.82) is 0 Å². The molecule has 1 heterocycles. The van der Waals surface area contributed by atoms with Gasteiger partial charge in [-0.25, -0.2) is 4.79 Å². The molecule has 1 aliphatic heterocycles. The van der Waals surface area contributed by atoms with Gasteiger partial charge in [-0.05, 0) is 13.8 Å². The molecule has 0 aromatic heterocycles. The van der Waals surface area contributed by atoms with Gasteiger partial charge >= 0.3 is 12.0 Å². The van der Waals surface area contributed by atoms with E-state index in [4.69, 9.17) is 5.11 Å². The molecule has 0 saturated carbocycles. The molecule has 1 unspecified atom stereocenters. The summed E-state index contributed by atoms with van der Waals surface area (Å²) < 4.78 is 0.